The van der Waals surface area contributed by atoms with Gasteiger partial charge < -0.3 is 20.6 Å². The van der Waals surface area contributed by atoms with Crippen molar-refractivity contribution in [2.24, 2.45) is 0 Å². The first kappa shape index (κ1) is 23.4. The summed E-state index contributed by atoms with van der Waals surface area (Å²) < 4.78 is 13.3. The van der Waals surface area contributed by atoms with Gasteiger partial charge in [0.2, 0.25) is 0 Å². The van der Waals surface area contributed by atoms with Gasteiger partial charge in [0, 0.05) is 18.7 Å². The van der Waals surface area contributed by atoms with Crippen LogP contribution in [0.25, 0.3) is 0 Å². The van der Waals surface area contributed by atoms with Crippen LogP contribution < -0.4 is 10.6 Å². The van der Waals surface area contributed by atoms with Crippen LogP contribution >= 0.6 is 0 Å². The second-order valence-electron chi connectivity index (χ2n) is 8.76. The lowest BCUT2D eigenvalue weighted by Gasteiger charge is -2.49. The average molecular weight is 462 g/mol. The molecule has 0 aromatic heterocycles. The number of carbonyl (C=O) groups excluding carboxylic acids is 2. The van der Waals surface area contributed by atoms with Gasteiger partial charge in [-0.3, -0.25) is 4.79 Å². The van der Waals surface area contributed by atoms with E-state index < -0.39 is 29.4 Å². The Morgan fingerprint density at radius 1 is 1.00 bits per heavy atom. The summed E-state index contributed by atoms with van der Waals surface area (Å²) >= 11 is 0. The summed E-state index contributed by atoms with van der Waals surface area (Å²) in [5, 5.41) is 17.2. The summed E-state index contributed by atoms with van der Waals surface area (Å²) in [5.74, 6) is -0.887. The Kier molecular flexibility index (Phi) is 6.93. The fraction of sp³-hybridized carbons (Fsp3) is 0.259. The van der Waals surface area contributed by atoms with Crippen LogP contribution in [0.3, 0.4) is 0 Å². The van der Waals surface area contributed by atoms with E-state index in [4.69, 9.17) is 0 Å². The third kappa shape index (κ3) is 5.26. The van der Waals surface area contributed by atoms with Crippen molar-refractivity contribution >= 4 is 11.9 Å². The number of rotatable bonds is 5. The van der Waals surface area contributed by atoms with E-state index in [2.05, 4.69) is 10.6 Å². The summed E-state index contributed by atoms with van der Waals surface area (Å²) in [6.45, 7) is 2.34. The van der Waals surface area contributed by atoms with Gasteiger partial charge >= 0.3 is 6.03 Å². The number of piperidine rings is 1. The summed E-state index contributed by atoms with van der Waals surface area (Å²) in [6, 6.07) is 22.5. The van der Waals surface area contributed by atoms with E-state index in [1.54, 1.807) is 11.8 Å². The highest BCUT2D eigenvalue weighted by Crippen LogP contribution is 2.37. The normalized spacial score (nSPS) is 22.1. The molecule has 1 aliphatic heterocycles. The monoisotopic (exact) mass is 461 g/mol. The summed E-state index contributed by atoms with van der Waals surface area (Å²) in [4.78, 5) is 28.0. The smallest absolute Gasteiger partial charge is 0.318 e. The van der Waals surface area contributed by atoms with E-state index in [9.17, 15) is 19.1 Å². The second kappa shape index (κ2) is 10.1. The van der Waals surface area contributed by atoms with Gasteiger partial charge in [0.1, 0.15) is 5.82 Å². The molecular formula is C27H28FN3O3. The molecule has 0 saturated carbocycles. The number of aliphatic hydroxyl groups is 1. The lowest BCUT2D eigenvalue weighted by molar-refractivity contribution is -0.0511. The quantitative estimate of drug-likeness (QED) is 0.537. The maximum absolute atomic E-state index is 13.3. The van der Waals surface area contributed by atoms with Crippen LogP contribution in [0.1, 0.15) is 40.9 Å². The number of benzene rings is 3. The van der Waals surface area contributed by atoms with Crippen molar-refractivity contribution < 1.29 is 19.1 Å². The van der Waals surface area contributed by atoms with Crippen molar-refractivity contribution in [2.45, 2.75) is 37.6 Å². The van der Waals surface area contributed by atoms with Gasteiger partial charge in [-0.2, -0.15) is 0 Å². The highest BCUT2D eigenvalue weighted by atomic mass is 19.1. The van der Waals surface area contributed by atoms with Crippen molar-refractivity contribution in [1.82, 2.24) is 15.5 Å². The Morgan fingerprint density at radius 2 is 1.62 bits per heavy atom. The molecule has 1 saturated heterocycles. The van der Waals surface area contributed by atoms with Crippen LogP contribution in [0.15, 0.2) is 84.9 Å². The molecule has 3 N–H and O–H groups in total. The van der Waals surface area contributed by atoms with E-state index in [1.165, 1.54) is 24.3 Å². The van der Waals surface area contributed by atoms with Gasteiger partial charge in [0.05, 0.1) is 17.7 Å². The molecule has 3 amide bonds. The maximum Gasteiger partial charge on any atom is 0.318 e. The summed E-state index contributed by atoms with van der Waals surface area (Å²) in [6.07, 6.45) is 0.281. The van der Waals surface area contributed by atoms with Crippen LogP contribution in [0, 0.1) is 5.82 Å². The SMILES string of the molecule is CC1(O)CCN(C(=O)NCc2ccccc2)C(c2ccccc2)C1NC(=O)c1ccc(F)cc1. The molecule has 0 bridgehead atoms. The van der Waals surface area contributed by atoms with E-state index in [-0.39, 0.29) is 18.0 Å². The molecule has 3 unspecified atom stereocenters. The minimum absolute atomic E-state index is 0.273. The van der Waals surface area contributed by atoms with Crippen molar-refractivity contribution in [3.8, 4) is 0 Å². The van der Waals surface area contributed by atoms with Crippen LogP contribution in [0.4, 0.5) is 9.18 Å². The van der Waals surface area contributed by atoms with Crippen LogP contribution in [0.2, 0.25) is 0 Å². The molecule has 4 rings (SSSR count). The first-order valence-electron chi connectivity index (χ1n) is 11.3. The Morgan fingerprint density at radius 3 is 2.26 bits per heavy atom. The highest BCUT2D eigenvalue weighted by molar-refractivity contribution is 5.94. The Labute approximate surface area is 198 Å². The van der Waals surface area contributed by atoms with Gasteiger partial charge in [-0.25, -0.2) is 9.18 Å². The minimum Gasteiger partial charge on any atom is -0.388 e. The molecule has 1 heterocycles. The number of likely N-dealkylation sites (tertiary alicyclic amines) is 1. The standard InChI is InChI=1S/C27H28FN3O3/c1-27(34)16-17-31(26(33)29-18-19-8-4-2-5-9-19)23(20-10-6-3-7-11-20)24(27)30-25(32)21-12-14-22(28)15-13-21/h2-15,23-24,34H,16-18H2,1H3,(H,29,33)(H,30,32). The molecule has 0 spiro atoms. The fourth-order valence-corrected chi connectivity index (χ4v) is 4.35. The fourth-order valence-electron chi connectivity index (χ4n) is 4.35. The third-order valence-electron chi connectivity index (χ3n) is 6.26. The summed E-state index contributed by atoms with van der Waals surface area (Å²) in [5.41, 5.74) is 0.764. The van der Waals surface area contributed by atoms with Gasteiger partial charge in [-0.05, 0) is 48.7 Å². The molecule has 3 atom stereocenters. The van der Waals surface area contributed by atoms with Crippen molar-refractivity contribution in [3.05, 3.63) is 107 Å². The predicted molar refractivity (Wildman–Crippen MR) is 127 cm³/mol. The topological polar surface area (TPSA) is 81.7 Å². The predicted octanol–water partition coefficient (Wildman–Crippen LogP) is 4.03. The average Bonchev–Trinajstić information content (AvgIpc) is 2.85. The van der Waals surface area contributed by atoms with E-state index in [0.29, 0.717) is 13.1 Å². The first-order chi connectivity index (χ1) is 16.3. The molecule has 0 aliphatic carbocycles. The van der Waals surface area contributed by atoms with E-state index in [0.717, 1.165) is 11.1 Å². The molecule has 1 aliphatic rings. The first-order valence-corrected chi connectivity index (χ1v) is 11.3. The molecule has 3 aromatic carbocycles. The second-order valence-corrected chi connectivity index (χ2v) is 8.76. The largest absolute Gasteiger partial charge is 0.388 e. The third-order valence-corrected chi connectivity index (χ3v) is 6.26. The Bertz CT molecular complexity index is 1120. The zero-order chi connectivity index (χ0) is 24.1. The van der Waals surface area contributed by atoms with Gasteiger partial charge in [0.25, 0.3) is 5.91 Å². The highest BCUT2D eigenvalue weighted by Gasteiger charge is 2.47. The number of nitrogens with zero attached hydrogens (tertiary/aromatic N) is 1. The van der Waals surface area contributed by atoms with E-state index in [1.807, 2.05) is 60.7 Å². The lowest BCUT2D eigenvalue weighted by atomic mass is 9.79. The number of hydrogen-bond donors (Lipinski definition) is 3. The molecule has 3 aromatic rings. The molecule has 1 fully saturated rings. The van der Waals surface area contributed by atoms with Gasteiger partial charge in [-0.15, -0.1) is 0 Å². The van der Waals surface area contributed by atoms with Crippen LogP contribution in [0.5, 0.6) is 0 Å². The molecule has 7 heteroatoms. The van der Waals surface area contributed by atoms with Crippen molar-refractivity contribution in [3.63, 3.8) is 0 Å². The molecule has 6 nitrogen and oxygen atoms in total. The van der Waals surface area contributed by atoms with Crippen molar-refractivity contribution in [1.29, 1.82) is 0 Å². The number of urea groups is 1. The van der Waals surface area contributed by atoms with Crippen molar-refractivity contribution in [2.75, 3.05) is 6.54 Å². The zero-order valence-corrected chi connectivity index (χ0v) is 18.9. The maximum atomic E-state index is 13.3. The molecule has 34 heavy (non-hydrogen) atoms. The lowest BCUT2D eigenvalue weighted by Crippen LogP contribution is -2.64. The molecular weight excluding hydrogens is 433 g/mol. The zero-order valence-electron chi connectivity index (χ0n) is 18.9. The molecule has 0 radical (unpaired) electrons. The Hall–Kier alpha value is -3.71. The van der Waals surface area contributed by atoms with Gasteiger partial charge in [-0.1, -0.05) is 60.7 Å². The van der Waals surface area contributed by atoms with E-state index >= 15 is 0 Å². The Balaban J connectivity index is 1.62. The summed E-state index contributed by atoms with van der Waals surface area (Å²) in [7, 11) is 0. The molecule has 176 valence electrons. The van der Waals surface area contributed by atoms with Gasteiger partial charge in [0.15, 0.2) is 0 Å². The van der Waals surface area contributed by atoms with Crippen LogP contribution in [-0.4, -0.2) is 40.1 Å². The minimum atomic E-state index is -1.27. The number of carbonyl (C=O) groups is 2. The van der Waals surface area contributed by atoms with Crippen LogP contribution in [-0.2, 0) is 6.54 Å². The number of nitrogens with one attached hydrogen (secondary N) is 2. The number of amides is 3. The number of hydrogen-bond acceptors (Lipinski definition) is 3. The number of halogens is 1.